The zero-order valence-electron chi connectivity index (χ0n) is 15.8. The van der Waals surface area contributed by atoms with Crippen LogP contribution >= 0.6 is 0 Å². The molecule has 1 aliphatic heterocycles. The Hall–Kier alpha value is -2.54. The van der Waals surface area contributed by atoms with Crippen LogP contribution in [0.2, 0.25) is 0 Å². The van der Waals surface area contributed by atoms with Crippen LogP contribution in [0.15, 0.2) is 60.7 Å². The van der Waals surface area contributed by atoms with Gasteiger partial charge in [0, 0.05) is 11.6 Å². The Morgan fingerprint density at radius 3 is 2.67 bits per heavy atom. The van der Waals surface area contributed by atoms with E-state index in [0.717, 1.165) is 6.42 Å². The third-order valence-corrected chi connectivity index (χ3v) is 7.11. The molecule has 1 heterocycles. The Balaban J connectivity index is 1.56. The summed E-state index contributed by atoms with van der Waals surface area (Å²) in [6.45, 7) is 2.27. The average Bonchev–Trinajstić information content (AvgIpc) is 3.36. The fraction of sp³-hybridized carbons (Fsp3) is 0.308. The largest absolute Gasteiger partial charge is 0.377 e. The van der Waals surface area contributed by atoms with Crippen molar-refractivity contribution < 1.29 is 0 Å². The predicted octanol–water partition coefficient (Wildman–Crippen LogP) is 6.33. The van der Waals surface area contributed by atoms with Gasteiger partial charge in [0.05, 0.1) is 6.04 Å². The lowest BCUT2D eigenvalue weighted by Crippen LogP contribution is -2.30. The molecule has 3 aromatic rings. The summed E-state index contributed by atoms with van der Waals surface area (Å²) in [7, 11) is 0. The van der Waals surface area contributed by atoms with Crippen molar-refractivity contribution in [3.63, 3.8) is 0 Å². The number of rotatable bonds is 2. The lowest BCUT2D eigenvalue weighted by atomic mass is 9.75. The van der Waals surface area contributed by atoms with E-state index in [1.807, 2.05) is 0 Å². The standard InChI is InChI=1S/C26H25N/c1-2-16-6-3-10-21-19-8-5-11-22(19)26(27-25(16)21)23-15-14-18-13-12-17-7-4-9-20(23)24(17)18/h3-10,14-15,19,22,26-27H,2,11-13H2,1H3/t19-,22-,26+/m0/s1. The molecule has 0 radical (unpaired) electrons. The van der Waals surface area contributed by atoms with E-state index in [4.69, 9.17) is 0 Å². The van der Waals surface area contributed by atoms with Gasteiger partial charge in [0.25, 0.3) is 0 Å². The van der Waals surface area contributed by atoms with Crippen molar-refractivity contribution in [2.75, 3.05) is 5.32 Å². The van der Waals surface area contributed by atoms with E-state index in [1.165, 1.54) is 63.5 Å². The van der Waals surface area contributed by atoms with Gasteiger partial charge in [-0.3, -0.25) is 0 Å². The van der Waals surface area contributed by atoms with Crippen LogP contribution in [-0.2, 0) is 19.3 Å². The van der Waals surface area contributed by atoms with Crippen molar-refractivity contribution in [1.82, 2.24) is 0 Å². The highest BCUT2D eigenvalue weighted by Crippen LogP contribution is 2.52. The molecule has 0 bridgehead atoms. The Morgan fingerprint density at radius 1 is 0.926 bits per heavy atom. The minimum atomic E-state index is 0.384. The summed E-state index contributed by atoms with van der Waals surface area (Å²) in [5.41, 5.74) is 8.90. The van der Waals surface area contributed by atoms with Gasteiger partial charge in [-0.25, -0.2) is 0 Å². The Morgan fingerprint density at radius 2 is 1.78 bits per heavy atom. The minimum absolute atomic E-state index is 0.384. The van der Waals surface area contributed by atoms with Gasteiger partial charge >= 0.3 is 0 Å². The smallest absolute Gasteiger partial charge is 0.0560 e. The number of anilines is 1. The van der Waals surface area contributed by atoms with Gasteiger partial charge in [-0.1, -0.05) is 67.6 Å². The number of aryl methyl sites for hydroxylation is 3. The normalized spacial score (nSPS) is 24.7. The maximum absolute atomic E-state index is 4.02. The highest BCUT2D eigenvalue weighted by molar-refractivity contribution is 5.94. The van der Waals surface area contributed by atoms with Crippen molar-refractivity contribution in [1.29, 1.82) is 0 Å². The second-order valence-electron chi connectivity index (χ2n) is 8.36. The van der Waals surface area contributed by atoms with E-state index >= 15 is 0 Å². The molecule has 3 aromatic carbocycles. The summed E-state index contributed by atoms with van der Waals surface area (Å²) in [6, 6.07) is 19.0. The first-order valence-electron chi connectivity index (χ1n) is 10.4. The SMILES string of the molecule is CCc1cccc2c1N[C@@H](c1ccc3c4c(cccc14)CC3)[C@H]1CC=C[C@@H]21. The highest BCUT2D eigenvalue weighted by atomic mass is 15.0. The molecule has 1 heteroatoms. The molecule has 3 aliphatic rings. The van der Waals surface area contributed by atoms with E-state index in [9.17, 15) is 0 Å². The molecule has 0 saturated carbocycles. The van der Waals surface area contributed by atoms with E-state index in [0.29, 0.717) is 17.9 Å². The number of fused-ring (bicyclic) bond motifs is 3. The summed E-state index contributed by atoms with van der Waals surface area (Å²) in [6.07, 6.45) is 9.50. The molecule has 27 heavy (non-hydrogen) atoms. The van der Waals surface area contributed by atoms with Crippen LogP contribution in [0.3, 0.4) is 0 Å². The van der Waals surface area contributed by atoms with Gasteiger partial charge in [-0.15, -0.1) is 0 Å². The van der Waals surface area contributed by atoms with Crippen LogP contribution in [0.4, 0.5) is 5.69 Å². The number of allylic oxidation sites excluding steroid dienone is 2. The Labute approximate surface area is 161 Å². The highest BCUT2D eigenvalue weighted by Gasteiger charge is 2.39. The van der Waals surface area contributed by atoms with E-state index in [2.05, 4.69) is 72.9 Å². The number of benzene rings is 3. The van der Waals surface area contributed by atoms with Gasteiger partial charge in [0.15, 0.2) is 0 Å². The monoisotopic (exact) mass is 351 g/mol. The van der Waals surface area contributed by atoms with Crippen LogP contribution in [0, 0.1) is 5.92 Å². The molecule has 6 rings (SSSR count). The van der Waals surface area contributed by atoms with Crippen LogP contribution in [-0.4, -0.2) is 0 Å². The van der Waals surface area contributed by atoms with Gasteiger partial charge in [-0.2, -0.15) is 0 Å². The molecule has 0 fully saturated rings. The maximum atomic E-state index is 4.02. The van der Waals surface area contributed by atoms with Crippen LogP contribution in [0.1, 0.15) is 53.1 Å². The summed E-state index contributed by atoms with van der Waals surface area (Å²) < 4.78 is 0. The lowest BCUT2D eigenvalue weighted by molar-refractivity contribution is 0.427. The summed E-state index contributed by atoms with van der Waals surface area (Å²) in [5, 5.41) is 7.03. The third kappa shape index (κ3) is 2.12. The molecular formula is C26H25N. The molecule has 3 atom stereocenters. The van der Waals surface area contributed by atoms with Gasteiger partial charge in [0.2, 0.25) is 0 Å². The van der Waals surface area contributed by atoms with Crippen LogP contribution in [0.5, 0.6) is 0 Å². The van der Waals surface area contributed by atoms with Crippen LogP contribution in [0.25, 0.3) is 10.8 Å². The first-order chi connectivity index (χ1) is 13.3. The topological polar surface area (TPSA) is 12.0 Å². The molecule has 0 saturated heterocycles. The van der Waals surface area contributed by atoms with E-state index in [-0.39, 0.29) is 0 Å². The summed E-state index contributed by atoms with van der Waals surface area (Å²) >= 11 is 0. The first-order valence-corrected chi connectivity index (χ1v) is 10.4. The van der Waals surface area contributed by atoms with Gasteiger partial charge < -0.3 is 5.32 Å². The first kappa shape index (κ1) is 15.5. The van der Waals surface area contributed by atoms with Crippen molar-refractivity contribution in [2.45, 2.75) is 44.6 Å². The third-order valence-electron chi connectivity index (χ3n) is 7.11. The second kappa shape index (κ2) is 5.73. The van der Waals surface area contributed by atoms with E-state index < -0.39 is 0 Å². The maximum Gasteiger partial charge on any atom is 0.0560 e. The molecular weight excluding hydrogens is 326 g/mol. The zero-order valence-corrected chi connectivity index (χ0v) is 15.8. The molecule has 1 nitrogen and oxygen atoms in total. The summed E-state index contributed by atoms with van der Waals surface area (Å²) in [5.74, 6) is 1.16. The number of para-hydroxylation sites is 1. The van der Waals surface area contributed by atoms with Gasteiger partial charge in [-0.05, 0) is 70.2 Å². The zero-order chi connectivity index (χ0) is 18.0. The molecule has 0 spiro atoms. The quantitative estimate of drug-likeness (QED) is 0.532. The fourth-order valence-electron chi connectivity index (χ4n) is 5.83. The summed E-state index contributed by atoms with van der Waals surface area (Å²) in [4.78, 5) is 0. The van der Waals surface area contributed by atoms with Crippen molar-refractivity contribution in [2.24, 2.45) is 5.92 Å². The fourth-order valence-corrected chi connectivity index (χ4v) is 5.83. The second-order valence-corrected chi connectivity index (χ2v) is 8.36. The Kier molecular flexibility index (Phi) is 3.29. The molecule has 2 aliphatic carbocycles. The lowest BCUT2D eigenvalue weighted by Gasteiger charge is -2.39. The molecule has 1 N–H and O–H groups in total. The average molecular weight is 351 g/mol. The minimum Gasteiger partial charge on any atom is -0.377 e. The molecule has 0 amide bonds. The predicted molar refractivity (Wildman–Crippen MR) is 114 cm³/mol. The van der Waals surface area contributed by atoms with Crippen molar-refractivity contribution in [3.8, 4) is 0 Å². The van der Waals surface area contributed by atoms with Gasteiger partial charge in [0.1, 0.15) is 0 Å². The van der Waals surface area contributed by atoms with Crippen molar-refractivity contribution >= 4 is 16.5 Å². The van der Waals surface area contributed by atoms with Crippen molar-refractivity contribution in [3.05, 3.63) is 88.5 Å². The van der Waals surface area contributed by atoms with E-state index in [1.54, 1.807) is 0 Å². The Bertz CT molecular complexity index is 1080. The number of nitrogens with one attached hydrogen (secondary N) is 1. The molecule has 0 unspecified atom stereocenters. The number of hydrogen-bond donors (Lipinski definition) is 1. The van der Waals surface area contributed by atoms with Crippen LogP contribution < -0.4 is 5.32 Å². The molecule has 134 valence electrons. The number of hydrogen-bond acceptors (Lipinski definition) is 1. The molecule has 0 aromatic heterocycles.